The van der Waals surface area contributed by atoms with E-state index in [1.165, 1.54) is 6.07 Å². The van der Waals surface area contributed by atoms with Crippen LogP contribution in [0.3, 0.4) is 0 Å². The van der Waals surface area contributed by atoms with Crippen molar-refractivity contribution in [1.29, 1.82) is 5.26 Å². The highest BCUT2D eigenvalue weighted by atomic mass is 19.1. The van der Waals surface area contributed by atoms with Gasteiger partial charge in [0, 0.05) is 42.1 Å². The maximum absolute atomic E-state index is 15.1. The van der Waals surface area contributed by atoms with Gasteiger partial charge >= 0.3 is 0 Å². The topological polar surface area (TPSA) is 76.8 Å². The Morgan fingerprint density at radius 2 is 1.79 bits per heavy atom. The molecule has 0 aromatic heterocycles. The maximum Gasteiger partial charge on any atom is 0.256 e. The molecule has 2 aromatic rings. The smallest absolute Gasteiger partial charge is 0.256 e. The quantitative estimate of drug-likeness (QED) is 0.564. The van der Waals surface area contributed by atoms with Crippen molar-refractivity contribution in [2.75, 3.05) is 19.6 Å². The SMILES string of the molecule is Cc1cc(-c2ccc(C3(C#N)CC3)cc2F)ccc1C1=NC2(CC2)C(=O)N1CC1CN(C(=O)C2(C)CC2)C1. The largest absolute Gasteiger partial charge is 0.341 e. The molecular formula is C31H31FN4O2. The monoisotopic (exact) mass is 510 g/mol. The molecule has 2 amide bonds. The second kappa shape index (κ2) is 7.75. The van der Waals surface area contributed by atoms with Crippen LogP contribution < -0.4 is 0 Å². The highest BCUT2D eigenvalue weighted by Crippen LogP contribution is 2.50. The number of aryl methyl sites for hydroxylation is 1. The standard InChI is InChI=1S/C31H31FN4O2/c1-19-13-21(24-6-4-22(14-25(24)32)30(18-33)9-10-30)3-5-23(19)26-34-31(11-12-31)28(38)36(26)17-20-15-35(16-20)27(37)29(2)7-8-29/h3-6,13-14,20H,7-12,15-17H2,1-2H3. The van der Waals surface area contributed by atoms with Crippen LogP contribution in [0.5, 0.6) is 0 Å². The molecule has 0 N–H and O–H groups in total. The summed E-state index contributed by atoms with van der Waals surface area (Å²) in [6, 6.07) is 13.3. The van der Waals surface area contributed by atoms with E-state index in [1.807, 2.05) is 47.9 Å². The Bertz CT molecular complexity index is 1470. The predicted molar refractivity (Wildman–Crippen MR) is 141 cm³/mol. The molecule has 0 atom stereocenters. The molecule has 38 heavy (non-hydrogen) atoms. The van der Waals surface area contributed by atoms with Gasteiger partial charge in [0.15, 0.2) is 0 Å². The minimum absolute atomic E-state index is 0.0723. The molecule has 0 bridgehead atoms. The van der Waals surface area contributed by atoms with Gasteiger partial charge in [-0.25, -0.2) is 4.39 Å². The van der Waals surface area contributed by atoms with Gasteiger partial charge in [-0.1, -0.05) is 37.3 Å². The molecule has 7 heteroatoms. The second-order valence-electron chi connectivity index (χ2n) is 12.4. The Hall–Kier alpha value is -3.53. The van der Waals surface area contributed by atoms with Crippen LogP contribution in [0, 0.1) is 35.4 Å². The van der Waals surface area contributed by atoms with E-state index in [1.54, 1.807) is 6.07 Å². The van der Waals surface area contributed by atoms with Crippen molar-refractivity contribution < 1.29 is 14.0 Å². The molecule has 0 radical (unpaired) electrons. The van der Waals surface area contributed by atoms with Crippen molar-refractivity contribution in [3.8, 4) is 17.2 Å². The summed E-state index contributed by atoms with van der Waals surface area (Å²) in [6.45, 7) is 5.97. The fourth-order valence-corrected chi connectivity index (χ4v) is 6.09. The number of hydrogen-bond donors (Lipinski definition) is 0. The molecular weight excluding hydrogens is 479 g/mol. The first kappa shape index (κ1) is 23.6. The summed E-state index contributed by atoms with van der Waals surface area (Å²) in [7, 11) is 0. The highest BCUT2D eigenvalue weighted by molar-refractivity contribution is 6.17. The molecule has 7 rings (SSSR count). The zero-order valence-electron chi connectivity index (χ0n) is 21.9. The Labute approximate surface area is 222 Å². The van der Waals surface area contributed by atoms with Gasteiger partial charge in [-0.3, -0.25) is 19.5 Å². The van der Waals surface area contributed by atoms with Crippen LogP contribution in [0.4, 0.5) is 4.39 Å². The lowest BCUT2D eigenvalue weighted by atomic mass is 9.93. The molecule has 194 valence electrons. The van der Waals surface area contributed by atoms with Crippen molar-refractivity contribution in [2.24, 2.45) is 16.3 Å². The van der Waals surface area contributed by atoms with E-state index in [-0.39, 0.29) is 29.0 Å². The Kier molecular flexibility index (Phi) is 4.81. The van der Waals surface area contributed by atoms with Crippen molar-refractivity contribution >= 4 is 17.6 Å². The minimum Gasteiger partial charge on any atom is -0.341 e. The molecule has 4 fully saturated rings. The number of amides is 2. The molecule has 1 spiro atoms. The number of benzene rings is 2. The lowest BCUT2D eigenvalue weighted by molar-refractivity contribution is -0.143. The fourth-order valence-electron chi connectivity index (χ4n) is 6.09. The zero-order valence-corrected chi connectivity index (χ0v) is 21.9. The number of carbonyl (C=O) groups is 2. The van der Waals surface area contributed by atoms with Gasteiger partial charge in [-0.05, 0) is 68.2 Å². The van der Waals surface area contributed by atoms with Crippen molar-refractivity contribution in [1.82, 2.24) is 9.80 Å². The summed E-state index contributed by atoms with van der Waals surface area (Å²) < 4.78 is 15.1. The summed E-state index contributed by atoms with van der Waals surface area (Å²) in [6.07, 6.45) is 5.06. The lowest BCUT2D eigenvalue weighted by Crippen LogP contribution is -2.56. The Balaban J connectivity index is 1.12. The maximum atomic E-state index is 15.1. The third-order valence-corrected chi connectivity index (χ3v) is 9.41. The van der Waals surface area contributed by atoms with Gasteiger partial charge in [-0.2, -0.15) is 5.26 Å². The number of aliphatic imine (C=N–C) groups is 1. The first-order chi connectivity index (χ1) is 18.2. The highest BCUT2D eigenvalue weighted by Gasteiger charge is 2.58. The average molecular weight is 511 g/mol. The van der Waals surface area contributed by atoms with Crippen LogP contribution in [0.25, 0.3) is 11.1 Å². The molecule has 5 aliphatic rings. The van der Waals surface area contributed by atoms with Crippen molar-refractivity contribution in [2.45, 2.75) is 63.3 Å². The number of halogens is 1. The molecule has 2 heterocycles. The Morgan fingerprint density at radius 1 is 1.08 bits per heavy atom. The third-order valence-electron chi connectivity index (χ3n) is 9.41. The molecule has 1 saturated heterocycles. The molecule has 0 unspecified atom stereocenters. The van der Waals surface area contributed by atoms with E-state index in [2.05, 4.69) is 6.07 Å². The number of rotatable bonds is 6. The van der Waals surface area contributed by atoms with Crippen LogP contribution in [0.2, 0.25) is 0 Å². The summed E-state index contributed by atoms with van der Waals surface area (Å²) in [5.74, 6) is 0.951. The predicted octanol–water partition coefficient (Wildman–Crippen LogP) is 4.74. The van der Waals surface area contributed by atoms with Crippen LogP contribution in [0.1, 0.15) is 62.1 Å². The number of nitriles is 1. The van der Waals surface area contributed by atoms with E-state index in [4.69, 9.17) is 4.99 Å². The average Bonchev–Trinajstić information content (AvgIpc) is 3.77. The van der Waals surface area contributed by atoms with E-state index in [9.17, 15) is 14.9 Å². The molecule has 6 nitrogen and oxygen atoms in total. The molecule has 2 aromatic carbocycles. The second-order valence-corrected chi connectivity index (χ2v) is 12.4. The Morgan fingerprint density at radius 3 is 2.37 bits per heavy atom. The molecule has 3 aliphatic carbocycles. The van der Waals surface area contributed by atoms with Gasteiger partial charge in [0.1, 0.15) is 17.2 Å². The van der Waals surface area contributed by atoms with E-state index in [0.29, 0.717) is 31.0 Å². The molecule has 2 aliphatic heterocycles. The number of amidine groups is 1. The van der Waals surface area contributed by atoms with Crippen LogP contribution in [-0.4, -0.2) is 52.6 Å². The van der Waals surface area contributed by atoms with E-state index >= 15 is 4.39 Å². The number of likely N-dealkylation sites (tertiary alicyclic amines) is 1. The van der Waals surface area contributed by atoms with Gasteiger partial charge in [0.05, 0.1) is 11.5 Å². The summed E-state index contributed by atoms with van der Waals surface area (Å²) >= 11 is 0. The molecule has 3 saturated carbocycles. The number of nitrogens with zero attached hydrogens (tertiary/aromatic N) is 4. The number of hydrogen-bond acceptors (Lipinski definition) is 4. The van der Waals surface area contributed by atoms with E-state index in [0.717, 1.165) is 60.8 Å². The van der Waals surface area contributed by atoms with Crippen LogP contribution in [-0.2, 0) is 15.0 Å². The van der Waals surface area contributed by atoms with Gasteiger partial charge in [0.2, 0.25) is 5.91 Å². The van der Waals surface area contributed by atoms with Crippen molar-refractivity contribution in [3.63, 3.8) is 0 Å². The van der Waals surface area contributed by atoms with Crippen molar-refractivity contribution in [3.05, 3.63) is 58.9 Å². The van der Waals surface area contributed by atoms with E-state index < -0.39 is 11.0 Å². The zero-order chi connectivity index (χ0) is 26.4. The summed E-state index contributed by atoms with van der Waals surface area (Å²) in [4.78, 5) is 34.7. The van der Waals surface area contributed by atoms with Gasteiger partial charge < -0.3 is 4.90 Å². The fraction of sp³-hybridized carbons (Fsp3) is 0.484. The first-order valence-electron chi connectivity index (χ1n) is 13.7. The minimum atomic E-state index is -0.608. The summed E-state index contributed by atoms with van der Waals surface area (Å²) in [5.41, 5.74) is 2.55. The third kappa shape index (κ3) is 3.53. The summed E-state index contributed by atoms with van der Waals surface area (Å²) in [5, 5.41) is 9.46. The van der Waals surface area contributed by atoms with Gasteiger partial charge in [0.25, 0.3) is 5.91 Å². The number of carbonyl (C=O) groups excluding carboxylic acids is 2. The first-order valence-corrected chi connectivity index (χ1v) is 13.7. The normalized spacial score (nSPS) is 23.6. The lowest BCUT2D eigenvalue weighted by Gasteiger charge is -2.42. The van der Waals surface area contributed by atoms with Crippen LogP contribution >= 0.6 is 0 Å². The van der Waals surface area contributed by atoms with Gasteiger partial charge in [-0.15, -0.1) is 0 Å². The van der Waals surface area contributed by atoms with Crippen LogP contribution in [0.15, 0.2) is 41.4 Å².